The van der Waals surface area contributed by atoms with E-state index < -0.39 is 0 Å². The zero-order chi connectivity index (χ0) is 14.1. The van der Waals surface area contributed by atoms with Gasteiger partial charge in [0.15, 0.2) is 0 Å². The highest BCUT2D eigenvalue weighted by Gasteiger charge is 2.44. The summed E-state index contributed by atoms with van der Waals surface area (Å²) in [5, 5.41) is 4.37. The molecule has 0 aromatic heterocycles. The fourth-order valence-electron chi connectivity index (χ4n) is 3.18. The van der Waals surface area contributed by atoms with Gasteiger partial charge in [-0.15, -0.1) is 0 Å². The van der Waals surface area contributed by atoms with Gasteiger partial charge in [-0.1, -0.05) is 60.1 Å². The van der Waals surface area contributed by atoms with Crippen LogP contribution in [-0.2, 0) is 0 Å². The van der Waals surface area contributed by atoms with E-state index in [1.54, 1.807) is 0 Å². The smallest absolute Gasteiger partial charge is 0.0483 e. The quantitative estimate of drug-likeness (QED) is 0.858. The molecule has 1 nitrogen and oxygen atoms in total. The monoisotopic (exact) mass is 285 g/mol. The molecular weight excluding hydrogens is 266 g/mol. The number of hydrogen-bond donors (Lipinski definition) is 1. The zero-order valence-corrected chi connectivity index (χ0v) is 12.7. The van der Waals surface area contributed by atoms with Gasteiger partial charge in [0.05, 0.1) is 0 Å². The summed E-state index contributed by atoms with van der Waals surface area (Å²) in [7, 11) is 2.03. The predicted molar refractivity (Wildman–Crippen MR) is 85.3 cm³/mol. The Hall–Kier alpha value is -1.31. The summed E-state index contributed by atoms with van der Waals surface area (Å²) in [4.78, 5) is 0. The van der Waals surface area contributed by atoms with Crippen LogP contribution in [0.15, 0.2) is 48.5 Å². The van der Waals surface area contributed by atoms with Gasteiger partial charge in [-0.25, -0.2) is 0 Å². The Balaban J connectivity index is 1.84. The summed E-state index contributed by atoms with van der Waals surface area (Å²) in [6.07, 6.45) is 1.24. The molecule has 20 heavy (non-hydrogen) atoms. The van der Waals surface area contributed by atoms with Gasteiger partial charge in [0.25, 0.3) is 0 Å². The van der Waals surface area contributed by atoms with E-state index in [0.717, 1.165) is 10.6 Å². The Morgan fingerprint density at radius 3 is 2.55 bits per heavy atom. The van der Waals surface area contributed by atoms with Crippen molar-refractivity contribution in [3.05, 3.63) is 70.2 Å². The lowest BCUT2D eigenvalue weighted by molar-refractivity contribution is 0.518. The third-order valence-corrected chi connectivity index (χ3v) is 4.88. The second-order valence-electron chi connectivity index (χ2n) is 5.66. The molecule has 1 saturated carbocycles. The molecule has 0 saturated heterocycles. The Morgan fingerprint density at radius 2 is 1.85 bits per heavy atom. The van der Waals surface area contributed by atoms with Crippen LogP contribution in [0.2, 0.25) is 5.02 Å². The summed E-state index contributed by atoms with van der Waals surface area (Å²) in [6, 6.07) is 17.4. The maximum absolute atomic E-state index is 6.49. The number of rotatable bonds is 4. The van der Waals surface area contributed by atoms with Crippen LogP contribution in [-0.4, -0.2) is 7.05 Å². The fourth-order valence-corrected chi connectivity index (χ4v) is 3.42. The summed E-state index contributed by atoms with van der Waals surface area (Å²) in [5.74, 6) is 1.30. The van der Waals surface area contributed by atoms with Gasteiger partial charge >= 0.3 is 0 Å². The number of hydrogen-bond acceptors (Lipinski definition) is 1. The van der Waals surface area contributed by atoms with Crippen LogP contribution in [0, 0.1) is 12.8 Å². The summed E-state index contributed by atoms with van der Waals surface area (Å²) in [5.41, 5.74) is 3.83. The van der Waals surface area contributed by atoms with E-state index in [4.69, 9.17) is 11.6 Å². The van der Waals surface area contributed by atoms with Crippen molar-refractivity contribution in [1.29, 1.82) is 0 Å². The Labute approximate surface area is 126 Å². The van der Waals surface area contributed by atoms with Crippen molar-refractivity contribution in [2.24, 2.45) is 5.92 Å². The van der Waals surface area contributed by atoms with E-state index in [1.165, 1.54) is 17.5 Å². The molecule has 3 unspecified atom stereocenters. The summed E-state index contributed by atoms with van der Waals surface area (Å²) in [6.45, 7) is 2.07. The molecule has 0 amide bonds. The van der Waals surface area contributed by atoms with Crippen LogP contribution in [0.3, 0.4) is 0 Å². The summed E-state index contributed by atoms with van der Waals surface area (Å²) >= 11 is 6.49. The van der Waals surface area contributed by atoms with Gasteiger partial charge in [-0.2, -0.15) is 0 Å². The second kappa shape index (κ2) is 5.59. The van der Waals surface area contributed by atoms with Gasteiger partial charge in [0.2, 0.25) is 0 Å². The van der Waals surface area contributed by atoms with Gasteiger partial charge in [-0.05, 0) is 48.9 Å². The van der Waals surface area contributed by atoms with Crippen molar-refractivity contribution in [3.8, 4) is 0 Å². The van der Waals surface area contributed by atoms with Crippen molar-refractivity contribution in [1.82, 2.24) is 5.32 Å². The van der Waals surface area contributed by atoms with E-state index in [9.17, 15) is 0 Å². The van der Waals surface area contributed by atoms with Gasteiger partial charge in [0, 0.05) is 11.1 Å². The molecule has 1 fully saturated rings. The SMILES string of the molecule is CNC(c1cccc(C)c1Cl)C1CC1c1ccccc1. The third-order valence-electron chi connectivity index (χ3n) is 4.36. The molecule has 0 radical (unpaired) electrons. The first-order valence-corrected chi connectivity index (χ1v) is 7.57. The lowest BCUT2D eigenvalue weighted by Gasteiger charge is -2.19. The van der Waals surface area contributed by atoms with E-state index in [1.807, 2.05) is 7.05 Å². The van der Waals surface area contributed by atoms with Crippen molar-refractivity contribution >= 4 is 11.6 Å². The van der Waals surface area contributed by atoms with Crippen molar-refractivity contribution in [2.75, 3.05) is 7.05 Å². The lowest BCUT2D eigenvalue weighted by atomic mass is 9.97. The highest BCUT2D eigenvalue weighted by Crippen LogP contribution is 2.54. The molecule has 3 rings (SSSR count). The van der Waals surface area contributed by atoms with Crippen molar-refractivity contribution in [3.63, 3.8) is 0 Å². The topological polar surface area (TPSA) is 12.0 Å². The highest BCUT2D eigenvalue weighted by molar-refractivity contribution is 6.32. The van der Waals surface area contributed by atoms with Crippen molar-refractivity contribution < 1.29 is 0 Å². The second-order valence-corrected chi connectivity index (χ2v) is 6.04. The molecule has 0 heterocycles. The molecule has 2 aromatic rings. The molecule has 0 spiro atoms. The van der Waals surface area contributed by atoms with Gasteiger partial charge in [-0.3, -0.25) is 0 Å². The molecule has 104 valence electrons. The standard InChI is InChI=1S/C18H20ClN/c1-12-7-6-10-14(17(12)19)18(20-2)16-11-15(16)13-8-4-3-5-9-13/h3-10,15-16,18,20H,11H2,1-2H3. The molecule has 0 bridgehead atoms. The van der Waals surface area contributed by atoms with Crippen LogP contribution < -0.4 is 5.32 Å². The molecule has 3 atom stereocenters. The Bertz CT molecular complexity index is 594. The number of aryl methyl sites for hydroxylation is 1. The minimum Gasteiger partial charge on any atom is -0.313 e. The number of halogens is 1. The van der Waals surface area contributed by atoms with Gasteiger partial charge < -0.3 is 5.32 Å². The van der Waals surface area contributed by atoms with E-state index in [2.05, 4.69) is 60.8 Å². The van der Waals surface area contributed by atoms with E-state index >= 15 is 0 Å². The average molecular weight is 286 g/mol. The van der Waals surface area contributed by atoms with Crippen molar-refractivity contribution in [2.45, 2.75) is 25.3 Å². The average Bonchev–Trinajstić information content (AvgIpc) is 3.26. The predicted octanol–water partition coefficient (Wildman–Crippen LogP) is 4.71. The first-order chi connectivity index (χ1) is 9.72. The fraction of sp³-hybridized carbons (Fsp3) is 0.333. The van der Waals surface area contributed by atoms with E-state index in [-0.39, 0.29) is 0 Å². The minimum absolute atomic E-state index is 0.340. The lowest BCUT2D eigenvalue weighted by Crippen LogP contribution is -2.19. The minimum atomic E-state index is 0.340. The van der Waals surface area contributed by atoms with Crippen LogP contribution in [0.25, 0.3) is 0 Å². The molecule has 1 aliphatic carbocycles. The number of benzene rings is 2. The Kier molecular flexibility index (Phi) is 3.82. The third kappa shape index (κ3) is 2.48. The summed E-state index contributed by atoms with van der Waals surface area (Å²) < 4.78 is 0. The highest BCUT2D eigenvalue weighted by atomic mass is 35.5. The largest absolute Gasteiger partial charge is 0.313 e. The maximum atomic E-state index is 6.49. The maximum Gasteiger partial charge on any atom is 0.0483 e. The van der Waals surface area contributed by atoms with Crippen LogP contribution in [0.4, 0.5) is 0 Å². The normalized spacial score (nSPS) is 22.6. The molecule has 0 aliphatic heterocycles. The van der Waals surface area contributed by atoms with Crippen LogP contribution >= 0.6 is 11.6 Å². The first kappa shape index (κ1) is 13.7. The molecule has 1 N–H and O–H groups in total. The van der Waals surface area contributed by atoms with Gasteiger partial charge in [0.1, 0.15) is 0 Å². The first-order valence-electron chi connectivity index (χ1n) is 7.19. The molecule has 1 aliphatic rings. The van der Waals surface area contributed by atoms with Crippen LogP contribution in [0.5, 0.6) is 0 Å². The number of nitrogens with one attached hydrogen (secondary N) is 1. The van der Waals surface area contributed by atoms with Crippen LogP contribution in [0.1, 0.15) is 35.1 Å². The molecule has 2 aromatic carbocycles. The Morgan fingerprint density at radius 1 is 1.10 bits per heavy atom. The molecular formula is C18H20ClN. The zero-order valence-electron chi connectivity index (χ0n) is 11.9. The molecule has 2 heteroatoms. The van der Waals surface area contributed by atoms with E-state index in [0.29, 0.717) is 17.9 Å².